The van der Waals surface area contributed by atoms with Gasteiger partial charge in [0, 0.05) is 13.2 Å². The van der Waals surface area contributed by atoms with Gasteiger partial charge in [-0.2, -0.15) is 0 Å². The molecule has 12 heavy (non-hydrogen) atoms. The summed E-state index contributed by atoms with van der Waals surface area (Å²) in [6.45, 7) is 7.29. The summed E-state index contributed by atoms with van der Waals surface area (Å²) in [6.07, 6.45) is 0.880. The van der Waals surface area contributed by atoms with Crippen LogP contribution in [0.25, 0.3) is 0 Å². The third-order valence-electron chi connectivity index (χ3n) is 1.79. The molecule has 0 radical (unpaired) electrons. The average Bonchev–Trinajstić information content (AvgIpc) is 2.04. The van der Waals surface area contributed by atoms with Gasteiger partial charge in [-0.25, -0.2) is 0 Å². The van der Waals surface area contributed by atoms with E-state index in [1.165, 1.54) is 0 Å². The molecule has 0 aromatic carbocycles. The molecule has 74 valence electrons. The van der Waals surface area contributed by atoms with Gasteiger partial charge in [-0.1, -0.05) is 6.92 Å². The molecule has 0 aromatic rings. The lowest BCUT2D eigenvalue weighted by Crippen LogP contribution is -2.45. The van der Waals surface area contributed by atoms with Crippen molar-refractivity contribution < 1.29 is 9.47 Å². The number of hydrogen-bond donors (Lipinski definition) is 0. The minimum Gasteiger partial charge on any atom is -0.354 e. The Kier molecular flexibility index (Phi) is 6.18. The minimum absolute atomic E-state index is 0.0240. The average molecular weight is 211 g/mol. The zero-order valence-corrected chi connectivity index (χ0v) is 11.1. The van der Waals surface area contributed by atoms with Crippen LogP contribution in [-0.4, -0.2) is 34.2 Å². The van der Waals surface area contributed by atoms with Gasteiger partial charge in [-0.3, -0.25) is 0 Å². The van der Waals surface area contributed by atoms with Gasteiger partial charge in [0.25, 0.3) is 0 Å². The Labute approximate surface area is 83.0 Å². The molecule has 0 N–H and O–H groups in total. The second-order valence-corrected chi connectivity index (χ2v) is 4.68. The van der Waals surface area contributed by atoms with Crippen molar-refractivity contribution in [1.29, 1.82) is 0 Å². The highest BCUT2D eigenvalue weighted by Gasteiger charge is 2.32. The zero-order chi connectivity index (χ0) is 9.61. The molecule has 0 bridgehead atoms. The van der Waals surface area contributed by atoms with Crippen molar-refractivity contribution in [1.82, 2.24) is 0 Å². The predicted molar refractivity (Wildman–Crippen MR) is 55.9 cm³/mol. The third-order valence-corrected chi connectivity index (χ3v) is 4.13. The summed E-state index contributed by atoms with van der Waals surface area (Å²) < 4.78 is 11.1. The zero-order valence-electron chi connectivity index (χ0n) is 8.39. The van der Waals surface area contributed by atoms with E-state index in [1.54, 1.807) is 0 Å². The molecule has 0 aliphatic carbocycles. The van der Waals surface area contributed by atoms with Crippen LogP contribution in [0.3, 0.4) is 0 Å². The summed E-state index contributed by atoms with van der Waals surface area (Å²) in [5, 5.41) is -0.0240. The molecule has 2 nitrogen and oxygen atoms in total. The summed E-state index contributed by atoms with van der Waals surface area (Å²) in [7, 11) is 0.805. The third kappa shape index (κ3) is 3.43. The lowest BCUT2D eigenvalue weighted by molar-refractivity contribution is -0.174. The van der Waals surface area contributed by atoms with E-state index in [2.05, 4.69) is 0 Å². The lowest BCUT2D eigenvalue weighted by Gasteiger charge is -2.33. The molecule has 1 unspecified atom stereocenters. The van der Waals surface area contributed by atoms with Crippen LogP contribution in [0.2, 0.25) is 0 Å². The van der Waals surface area contributed by atoms with Gasteiger partial charge in [-0.05, 0) is 20.3 Å². The number of hydrogen-bond acceptors (Lipinski definition) is 2. The largest absolute Gasteiger partial charge is 0.354 e. The highest BCUT2D eigenvalue weighted by molar-refractivity contribution is 6.27. The predicted octanol–water partition coefficient (Wildman–Crippen LogP) is 1.10. The number of rotatable bonds is 6. The van der Waals surface area contributed by atoms with Gasteiger partial charge in [0.05, 0.1) is 15.6 Å². The van der Waals surface area contributed by atoms with E-state index >= 15 is 0 Å². The summed E-state index contributed by atoms with van der Waals surface area (Å²) in [6, 6.07) is 0. The van der Waals surface area contributed by atoms with E-state index < -0.39 is 5.41 Å². The Hall–Kier alpha value is 0.427. The number of ether oxygens (including phenoxy) is 2. The molecule has 0 spiro atoms. The van der Waals surface area contributed by atoms with Crippen LogP contribution in [0.15, 0.2) is 0 Å². The van der Waals surface area contributed by atoms with Gasteiger partial charge in [0.1, 0.15) is 0 Å². The number of halogens is 1. The fourth-order valence-corrected chi connectivity index (χ4v) is 2.28. The molecule has 0 heterocycles. The molecule has 1 atom stereocenters. The van der Waals surface area contributed by atoms with Crippen LogP contribution < -0.4 is 0 Å². The first-order valence-corrected chi connectivity index (χ1v) is 5.96. The van der Waals surface area contributed by atoms with Crippen molar-refractivity contribution in [3.8, 4) is 0 Å². The van der Waals surface area contributed by atoms with Crippen LogP contribution in [0.4, 0.5) is 0 Å². The first-order chi connectivity index (χ1) is 5.60. The maximum Gasteiger partial charge on any atom is 0.157 e. The van der Waals surface area contributed by atoms with Gasteiger partial charge in [-0.15, -0.1) is 11.6 Å². The van der Waals surface area contributed by atoms with E-state index in [1.807, 2.05) is 20.8 Å². The maximum absolute atomic E-state index is 6.11. The van der Waals surface area contributed by atoms with Crippen LogP contribution in [0.1, 0.15) is 27.2 Å². The second kappa shape index (κ2) is 5.97. The van der Waals surface area contributed by atoms with Gasteiger partial charge in [0.2, 0.25) is 0 Å². The Morgan fingerprint density at radius 1 is 1.25 bits per heavy atom. The second-order valence-electron chi connectivity index (χ2n) is 2.76. The van der Waals surface area contributed by atoms with E-state index in [-0.39, 0.29) is 5.38 Å². The molecule has 0 aromatic heterocycles. The molecule has 0 saturated heterocycles. The summed E-state index contributed by atoms with van der Waals surface area (Å²) >= 11 is 6.11. The standard InChI is InChI=1S/C8H19ClO2Si/c1-4-7(9)8(12,10-5-2)11-6-3/h7H,4-6H2,1-3,12H3. The van der Waals surface area contributed by atoms with E-state index in [0.29, 0.717) is 13.2 Å². The molecule has 0 amide bonds. The minimum atomic E-state index is -0.486. The van der Waals surface area contributed by atoms with Crippen molar-refractivity contribution in [2.24, 2.45) is 0 Å². The van der Waals surface area contributed by atoms with E-state index in [9.17, 15) is 0 Å². The fourth-order valence-electron chi connectivity index (χ4n) is 1.17. The van der Waals surface area contributed by atoms with Crippen LogP contribution in [0, 0.1) is 0 Å². The normalized spacial score (nSPS) is 15.0. The van der Waals surface area contributed by atoms with E-state index in [4.69, 9.17) is 21.1 Å². The maximum atomic E-state index is 6.11. The molecular weight excluding hydrogens is 192 g/mol. The highest BCUT2D eigenvalue weighted by atomic mass is 35.5. The smallest absolute Gasteiger partial charge is 0.157 e. The molecule has 0 saturated carbocycles. The van der Waals surface area contributed by atoms with Crippen LogP contribution in [0.5, 0.6) is 0 Å². The molecule has 4 heteroatoms. The SMILES string of the molecule is CCOC([SiH3])(OCC)C(Cl)CC. The van der Waals surface area contributed by atoms with Crippen LogP contribution in [-0.2, 0) is 9.47 Å². The molecular formula is C8H19ClO2Si. The van der Waals surface area contributed by atoms with Gasteiger partial charge in [0.15, 0.2) is 5.41 Å². The number of alkyl halides is 1. The van der Waals surface area contributed by atoms with Gasteiger partial charge < -0.3 is 9.47 Å². The monoisotopic (exact) mass is 210 g/mol. The Bertz CT molecular complexity index is 116. The molecule has 0 aliphatic heterocycles. The summed E-state index contributed by atoms with van der Waals surface area (Å²) in [5.74, 6) is 0. The van der Waals surface area contributed by atoms with Crippen molar-refractivity contribution in [3.63, 3.8) is 0 Å². The molecule has 0 fully saturated rings. The van der Waals surface area contributed by atoms with Crippen LogP contribution >= 0.6 is 11.6 Å². The first kappa shape index (κ1) is 12.4. The van der Waals surface area contributed by atoms with Gasteiger partial charge >= 0.3 is 0 Å². The Balaban J connectivity index is 4.15. The quantitative estimate of drug-likeness (QED) is 0.372. The van der Waals surface area contributed by atoms with Crippen molar-refractivity contribution >= 4 is 21.8 Å². The lowest BCUT2D eigenvalue weighted by atomic mass is 10.3. The molecule has 0 rings (SSSR count). The van der Waals surface area contributed by atoms with Crippen molar-refractivity contribution in [2.45, 2.75) is 38.0 Å². The Morgan fingerprint density at radius 2 is 1.67 bits per heavy atom. The highest BCUT2D eigenvalue weighted by Crippen LogP contribution is 2.21. The summed E-state index contributed by atoms with van der Waals surface area (Å²) in [5.41, 5.74) is -0.486. The first-order valence-electron chi connectivity index (χ1n) is 4.52. The van der Waals surface area contributed by atoms with Crippen molar-refractivity contribution in [2.75, 3.05) is 13.2 Å². The summed E-state index contributed by atoms with van der Waals surface area (Å²) in [4.78, 5) is 0. The Morgan fingerprint density at radius 3 is 1.92 bits per heavy atom. The van der Waals surface area contributed by atoms with Crippen molar-refractivity contribution in [3.05, 3.63) is 0 Å². The van der Waals surface area contributed by atoms with E-state index in [0.717, 1.165) is 16.7 Å². The molecule has 0 aliphatic rings. The topological polar surface area (TPSA) is 18.5 Å². The fraction of sp³-hybridized carbons (Fsp3) is 1.00.